The minimum atomic E-state index is 0.326. The first-order valence-electron chi connectivity index (χ1n) is 13.5. The van der Waals surface area contributed by atoms with Gasteiger partial charge < -0.3 is 4.90 Å². The smallest absolute Gasteiger partial charge is 0.0413 e. The number of likely N-dealkylation sites (tertiary alicyclic amines) is 2. The summed E-state index contributed by atoms with van der Waals surface area (Å²) in [6.45, 7) is 12.9. The Balaban J connectivity index is 1.21. The zero-order chi connectivity index (χ0) is 24.3. The van der Waals surface area contributed by atoms with E-state index in [1.54, 1.807) is 0 Å². The van der Waals surface area contributed by atoms with E-state index in [1.165, 1.54) is 79.9 Å². The van der Waals surface area contributed by atoms with E-state index in [-0.39, 0.29) is 0 Å². The number of hydrogen-bond donors (Lipinski definition) is 0. The van der Waals surface area contributed by atoms with Crippen LogP contribution in [-0.4, -0.2) is 47.6 Å². The van der Waals surface area contributed by atoms with Crippen molar-refractivity contribution in [2.45, 2.75) is 64.6 Å². The fraction of sp³-hybridized carbons (Fsp3) is 0.438. The van der Waals surface area contributed by atoms with Gasteiger partial charge in [0, 0.05) is 55.7 Å². The molecule has 2 heterocycles. The minimum absolute atomic E-state index is 0.326. The van der Waals surface area contributed by atoms with Gasteiger partial charge in [0.05, 0.1) is 0 Å². The average Bonchev–Trinajstić information content (AvgIpc) is 2.89. The number of para-hydroxylation sites is 2. The lowest BCUT2D eigenvalue weighted by atomic mass is 9.85. The number of hydrogen-bond acceptors (Lipinski definition) is 3. The van der Waals surface area contributed by atoms with Gasteiger partial charge in [0.25, 0.3) is 0 Å². The molecule has 0 aromatic heterocycles. The van der Waals surface area contributed by atoms with Crippen LogP contribution in [0.4, 0.5) is 11.4 Å². The fourth-order valence-electron chi connectivity index (χ4n) is 6.24. The number of anilines is 2. The molecule has 2 fully saturated rings. The van der Waals surface area contributed by atoms with Gasteiger partial charge in [-0.3, -0.25) is 9.80 Å². The minimum Gasteiger partial charge on any atom is -0.338 e. The van der Waals surface area contributed by atoms with Gasteiger partial charge in [-0.15, -0.1) is 0 Å². The van der Waals surface area contributed by atoms with Crippen molar-refractivity contribution in [1.82, 2.24) is 9.80 Å². The molecule has 0 atom stereocenters. The van der Waals surface area contributed by atoms with E-state index in [9.17, 15) is 0 Å². The van der Waals surface area contributed by atoms with Crippen LogP contribution in [0.1, 0.15) is 49.3 Å². The van der Waals surface area contributed by atoms with Crippen LogP contribution in [0.25, 0.3) is 0 Å². The molecule has 0 bridgehead atoms. The summed E-state index contributed by atoms with van der Waals surface area (Å²) in [4.78, 5) is 8.07. The molecule has 2 aliphatic heterocycles. The maximum Gasteiger partial charge on any atom is 0.0413 e. The molecular formula is C32H41N3. The zero-order valence-corrected chi connectivity index (χ0v) is 21.8. The van der Waals surface area contributed by atoms with Crippen LogP contribution in [0.15, 0.2) is 78.9 Å². The number of rotatable bonds is 6. The lowest BCUT2D eigenvalue weighted by Gasteiger charge is -2.50. The van der Waals surface area contributed by atoms with Crippen LogP contribution in [0.5, 0.6) is 0 Å². The van der Waals surface area contributed by atoms with Crippen LogP contribution in [0, 0.1) is 13.8 Å². The van der Waals surface area contributed by atoms with Crippen molar-refractivity contribution >= 4 is 11.4 Å². The van der Waals surface area contributed by atoms with Crippen LogP contribution in [0.2, 0.25) is 0 Å². The zero-order valence-electron chi connectivity index (χ0n) is 21.8. The van der Waals surface area contributed by atoms with E-state index in [0.717, 1.165) is 6.54 Å². The van der Waals surface area contributed by atoms with Crippen LogP contribution in [-0.2, 0) is 6.54 Å². The van der Waals surface area contributed by atoms with E-state index in [0.29, 0.717) is 11.6 Å². The third-order valence-corrected chi connectivity index (χ3v) is 8.62. The predicted octanol–water partition coefficient (Wildman–Crippen LogP) is 6.96. The molecule has 0 unspecified atom stereocenters. The maximum absolute atomic E-state index is 2.81. The van der Waals surface area contributed by atoms with Crippen LogP contribution >= 0.6 is 0 Å². The lowest BCUT2D eigenvalue weighted by molar-refractivity contribution is 0.0160. The van der Waals surface area contributed by atoms with Crippen LogP contribution in [0.3, 0.4) is 0 Å². The van der Waals surface area contributed by atoms with Gasteiger partial charge in [0.15, 0.2) is 0 Å². The van der Waals surface area contributed by atoms with Gasteiger partial charge >= 0.3 is 0 Å². The summed E-state index contributed by atoms with van der Waals surface area (Å²) in [5, 5.41) is 0. The Bertz CT molecular complexity index is 1020. The highest BCUT2D eigenvalue weighted by Gasteiger charge is 2.38. The second-order valence-corrected chi connectivity index (χ2v) is 10.9. The SMILES string of the molecule is Cc1cccc(C)c1CN1CCC(C)(N2CCC(N(c3ccccc3)c3ccccc3)CC2)CC1. The summed E-state index contributed by atoms with van der Waals surface area (Å²) in [6.07, 6.45) is 4.96. The summed E-state index contributed by atoms with van der Waals surface area (Å²) in [5.41, 5.74) is 7.33. The highest BCUT2D eigenvalue weighted by molar-refractivity contribution is 5.64. The number of aryl methyl sites for hydroxylation is 2. The standard InChI is InChI=1S/C32H41N3/c1-26-11-10-12-27(2)31(26)25-33-23-19-32(3,20-24-33)34-21-17-30(18-22-34)35(28-13-6-4-7-14-28)29-15-8-5-9-16-29/h4-16,30H,17-25H2,1-3H3. The molecule has 3 aromatic rings. The highest BCUT2D eigenvalue weighted by Crippen LogP contribution is 2.36. The van der Waals surface area contributed by atoms with Gasteiger partial charge in [-0.05, 0) is 87.4 Å². The second-order valence-electron chi connectivity index (χ2n) is 10.9. The second kappa shape index (κ2) is 10.6. The molecule has 3 heteroatoms. The average molecular weight is 468 g/mol. The Hall–Kier alpha value is -2.62. The molecule has 0 amide bonds. The van der Waals surface area contributed by atoms with E-state index >= 15 is 0 Å². The molecular weight excluding hydrogens is 426 g/mol. The van der Waals surface area contributed by atoms with E-state index in [2.05, 4.69) is 114 Å². The largest absolute Gasteiger partial charge is 0.338 e. The molecule has 5 rings (SSSR count). The first-order chi connectivity index (χ1) is 17.0. The molecule has 3 nitrogen and oxygen atoms in total. The Labute approximate surface area is 212 Å². The van der Waals surface area contributed by atoms with E-state index in [4.69, 9.17) is 0 Å². The van der Waals surface area contributed by atoms with Crippen molar-refractivity contribution in [1.29, 1.82) is 0 Å². The molecule has 35 heavy (non-hydrogen) atoms. The van der Waals surface area contributed by atoms with Crippen LogP contribution < -0.4 is 4.90 Å². The normalized spacial score (nSPS) is 19.5. The molecule has 0 spiro atoms. The quantitative estimate of drug-likeness (QED) is 0.388. The molecule has 0 radical (unpaired) electrons. The molecule has 2 aliphatic rings. The number of benzene rings is 3. The number of piperidine rings is 2. The Morgan fingerprint density at radius 3 is 1.74 bits per heavy atom. The summed E-state index contributed by atoms with van der Waals surface area (Å²) in [7, 11) is 0. The third kappa shape index (κ3) is 5.32. The molecule has 0 N–H and O–H groups in total. The van der Waals surface area contributed by atoms with Gasteiger partial charge in [0.1, 0.15) is 0 Å². The van der Waals surface area contributed by atoms with E-state index < -0.39 is 0 Å². The Morgan fingerprint density at radius 1 is 0.714 bits per heavy atom. The maximum atomic E-state index is 2.81. The first-order valence-corrected chi connectivity index (χ1v) is 13.5. The van der Waals surface area contributed by atoms with Gasteiger partial charge in [-0.2, -0.15) is 0 Å². The third-order valence-electron chi connectivity index (χ3n) is 8.62. The predicted molar refractivity (Wildman–Crippen MR) is 148 cm³/mol. The Morgan fingerprint density at radius 2 is 1.23 bits per heavy atom. The highest BCUT2D eigenvalue weighted by atomic mass is 15.3. The topological polar surface area (TPSA) is 9.72 Å². The molecule has 0 saturated carbocycles. The summed E-state index contributed by atoms with van der Waals surface area (Å²) in [5.74, 6) is 0. The van der Waals surface area contributed by atoms with Gasteiger partial charge in [0.2, 0.25) is 0 Å². The fourth-order valence-corrected chi connectivity index (χ4v) is 6.24. The molecule has 184 valence electrons. The summed E-state index contributed by atoms with van der Waals surface area (Å²) < 4.78 is 0. The van der Waals surface area contributed by atoms with Crippen molar-refractivity contribution in [3.63, 3.8) is 0 Å². The monoisotopic (exact) mass is 467 g/mol. The molecule has 0 aliphatic carbocycles. The number of nitrogens with zero attached hydrogens (tertiary/aromatic N) is 3. The van der Waals surface area contributed by atoms with Gasteiger partial charge in [-0.1, -0.05) is 54.6 Å². The Kier molecular flexibility index (Phi) is 7.27. The van der Waals surface area contributed by atoms with Crippen molar-refractivity contribution < 1.29 is 0 Å². The summed E-state index contributed by atoms with van der Waals surface area (Å²) >= 11 is 0. The van der Waals surface area contributed by atoms with Crippen molar-refractivity contribution in [2.24, 2.45) is 0 Å². The van der Waals surface area contributed by atoms with Gasteiger partial charge in [-0.25, -0.2) is 0 Å². The summed E-state index contributed by atoms with van der Waals surface area (Å²) in [6, 6.07) is 29.1. The molecule has 2 saturated heterocycles. The van der Waals surface area contributed by atoms with Crippen molar-refractivity contribution in [3.8, 4) is 0 Å². The lowest BCUT2D eigenvalue weighted by Crippen LogP contribution is -2.57. The molecule has 3 aromatic carbocycles. The van der Waals surface area contributed by atoms with E-state index in [1.807, 2.05) is 0 Å². The van der Waals surface area contributed by atoms with Crippen molar-refractivity contribution in [2.75, 3.05) is 31.1 Å². The van der Waals surface area contributed by atoms with Crippen molar-refractivity contribution in [3.05, 3.63) is 95.6 Å². The first kappa shape index (κ1) is 24.1.